The molecule has 0 saturated carbocycles. The first-order chi connectivity index (χ1) is 17.1. The molecule has 1 aliphatic rings. The zero-order chi connectivity index (χ0) is 24.2. The SMILES string of the molecule is COc1cc(/C=C2\NC(=O)N(Cc3ccccc3)C2=O)ccc1OCc1ccc2ccccc2c1. The molecule has 174 valence electrons. The van der Waals surface area contributed by atoms with E-state index in [9.17, 15) is 9.59 Å². The van der Waals surface area contributed by atoms with Crippen molar-refractivity contribution in [3.8, 4) is 11.5 Å². The fourth-order valence-corrected chi connectivity index (χ4v) is 4.03. The van der Waals surface area contributed by atoms with Gasteiger partial charge in [0.2, 0.25) is 0 Å². The van der Waals surface area contributed by atoms with Gasteiger partial charge in [0.05, 0.1) is 13.7 Å². The Balaban J connectivity index is 1.30. The number of hydrogen-bond acceptors (Lipinski definition) is 4. The predicted molar refractivity (Wildman–Crippen MR) is 135 cm³/mol. The summed E-state index contributed by atoms with van der Waals surface area (Å²) in [4.78, 5) is 26.4. The molecule has 6 heteroatoms. The van der Waals surface area contributed by atoms with Crippen LogP contribution in [0, 0.1) is 0 Å². The molecule has 1 saturated heterocycles. The lowest BCUT2D eigenvalue weighted by molar-refractivity contribution is -0.123. The quantitative estimate of drug-likeness (QED) is 0.289. The molecule has 5 rings (SSSR count). The summed E-state index contributed by atoms with van der Waals surface area (Å²) in [5.41, 5.74) is 2.87. The molecule has 1 N–H and O–H groups in total. The van der Waals surface area contributed by atoms with E-state index < -0.39 is 6.03 Å². The van der Waals surface area contributed by atoms with Crippen molar-refractivity contribution in [2.75, 3.05) is 7.11 Å². The summed E-state index contributed by atoms with van der Waals surface area (Å²) in [6.07, 6.45) is 1.64. The number of fused-ring (bicyclic) bond motifs is 1. The van der Waals surface area contributed by atoms with Crippen LogP contribution in [0.5, 0.6) is 11.5 Å². The molecule has 3 amide bonds. The number of methoxy groups -OCH3 is 1. The molecule has 0 aliphatic carbocycles. The molecule has 4 aromatic carbocycles. The van der Waals surface area contributed by atoms with Gasteiger partial charge >= 0.3 is 6.03 Å². The summed E-state index contributed by atoms with van der Waals surface area (Å²) in [5.74, 6) is 0.766. The van der Waals surface area contributed by atoms with Crippen molar-refractivity contribution >= 4 is 28.8 Å². The number of nitrogens with zero attached hydrogens (tertiary/aromatic N) is 1. The highest BCUT2D eigenvalue weighted by atomic mass is 16.5. The Kier molecular flexibility index (Phi) is 6.18. The van der Waals surface area contributed by atoms with Crippen LogP contribution in [0.4, 0.5) is 4.79 Å². The number of benzene rings is 4. The van der Waals surface area contributed by atoms with Crippen LogP contribution in [0.25, 0.3) is 16.8 Å². The second kappa shape index (κ2) is 9.73. The van der Waals surface area contributed by atoms with Gasteiger partial charge in [0.15, 0.2) is 11.5 Å². The Morgan fingerprint density at radius 2 is 1.57 bits per heavy atom. The average Bonchev–Trinajstić information content (AvgIpc) is 3.15. The van der Waals surface area contributed by atoms with Crippen molar-refractivity contribution in [1.82, 2.24) is 10.2 Å². The van der Waals surface area contributed by atoms with Crippen LogP contribution in [0.1, 0.15) is 16.7 Å². The molecule has 1 heterocycles. The van der Waals surface area contributed by atoms with Gasteiger partial charge in [0, 0.05) is 0 Å². The number of hydrogen-bond donors (Lipinski definition) is 1. The Bertz CT molecular complexity index is 1430. The molecule has 35 heavy (non-hydrogen) atoms. The van der Waals surface area contributed by atoms with Gasteiger partial charge in [-0.1, -0.05) is 72.8 Å². The lowest BCUT2D eigenvalue weighted by Gasteiger charge is -2.12. The zero-order valence-corrected chi connectivity index (χ0v) is 19.2. The molecule has 0 unspecified atom stereocenters. The van der Waals surface area contributed by atoms with Gasteiger partial charge in [-0.2, -0.15) is 0 Å². The first-order valence-electron chi connectivity index (χ1n) is 11.3. The van der Waals surface area contributed by atoms with Gasteiger partial charge in [-0.25, -0.2) is 4.79 Å². The van der Waals surface area contributed by atoms with Crippen LogP contribution in [-0.4, -0.2) is 23.9 Å². The number of nitrogens with one attached hydrogen (secondary N) is 1. The molecular weight excluding hydrogens is 440 g/mol. The van der Waals surface area contributed by atoms with E-state index in [1.165, 1.54) is 10.3 Å². The molecule has 1 aliphatic heterocycles. The third-order valence-electron chi connectivity index (χ3n) is 5.85. The highest BCUT2D eigenvalue weighted by Gasteiger charge is 2.33. The average molecular weight is 465 g/mol. The number of urea groups is 1. The van der Waals surface area contributed by atoms with Gasteiger partial charge < -0.3 is 14.8 Å². The van der Waals surface area contributed by atoms with Crippen LogP contribution >= 0.6 is 0 Å². The molecular formula is C29H24N2O4. The van der Waals surface area contributed by atoms with E-state index in [1.807, 2.05) is 54.6 Å². The van der Waals surface area contributed by atoms with Gasteiger partial charge in [-0.05, 0) is 51.7 Å². The van der Waals surface area contributed by atoms with Crippen molar-refractivity contribution in [2.24, 2.45) is 0 Å². The van der Waals surface area contributed by atoms with E-state index in [1.54, 1.807) is 25.3 Å². The molecule has 0 radical (unpaired) electrons. The minimum atomic E-state index is -0.438. The summed E-state index contributed by atoms with van der Waals surface area (Å²) in [5, 5.41) is 5.00. The van der Waals surface area contributed by atoms with E-state index in [0.717, 1.165) is 16.5 Å². The van der Waals surface area contributed by atoms with Crippen molar-refractivity contribution in [3.05, 3.63) is 113 Å². The largest absolute Gasteiger partial charge is 0.493 e. The van der Waals surface area contributed by atoms with Gasteiger partial charge in [-0.15, -0.1) is 0 Å². The van der Waals surface area contributed by atoms with Gasteiger partial charge in [0.25, 0.3) is 5.91 Å². The van der Waals surface area contributed by atoms with Crippen LogP contribution in [0.2, 0.25) is 0 Å². The zero-order valence-electron chi connectivity index (χ0n) is 19.2. The second-order valence-electron chi connectivity index (χ2n) is 8.25. The minimum absolute atomic E-state index is 0.216. The van der Waals surface area contributed by atoms with E-state index in [0.29, 0.717) is 23.7 Å². The number of carbonyl (C=O) groups excluding carboxylic acids is 2. The minimum Gasteiger partial charge on any atom is -0.493 e. The van der Waals surface area contributed by atoms with Crippen molar-refractivity contribution in [2.45, 2.75) is 13.2 Å². The normalized spacial score (nSPS) is 14.4. The van der Waals surface area contributed by atoms with E-state index in [-0.39, 0.29) is 18.1 Å². The molecule has 0 atom stereocenters. The monoisotopic (exact) mass is 464 g/mol. The maximum Gasteiger partial charge on any atom is 0.329 e. The van der Waals surface area contributed by atoms with Crippen molar-refractivity contribution in [1.29, 1.82) is 0 Å². The third kappa shape index (κ3) is 4.87. The number of amides is 3. The molecule has 0 spiro atoms. The summed E-state index contributed by atoms with van der Waals surface area (Å²) in [7, 11) is 1.57. The molecule has 4 aromatic rings. The lowest BCUT2D eigenvalue weighted by atomic mass is 10.1. The highest BCUT2D eigenvalue weighted by Crippen LogP contribution is 2.30. The predicted octanol–water partition coefficient (Wildman–Crippen LogP) is 5.52. The molecule has 0 bridgehead atoms. The maximum atomic E-state index is 12.8. The standard InChI is InChI=1S/C29H24N2O4/c1-34-27-17-21(16-25-28(32)31(29(33)30-25)18-20-7-3-2-4-8-20)12-14-26(27)35-19-22-11-13-23-9-5-6-10-24(23)15-22/h2-17H,18-19H2,1H3,(H,30,33)/b25-16-. The Labute approximate surface area is 203 Å². The number of rotatable bonds is 7. The van der Waals surface area contributed by atoms with E-state index in [2.05, 4.69) is 29.6 Å². The Morgan fingerprint density at radius 1 is 0.800 bits per heavy atom. The maximum absolute atomic E-state index is 12.8. The van der Waals surface area contributed by atoms with E-state index in [4.69, 9.17) is 9.47 Å². The van der Waals surface area contributed by atoms with Crippen LogP contribution in [0.15, 0.2) is 96.7 Å². The Hall–Kier alpha value is -4.58. The lowest BCUT2D eigenvalue weighted by Crippen LogP contribution is -2.30. The fourth-order valence-electron chi connectivity index (χ4n) is 4.03. The fraction of sp³-hybridized carbons (Fsp3) is 0.103. The topological polar surface area (TPSA) is 67.9 Å². The molecule has 1 fully saturated rings. The third-order valence-corrected chi connectivity index (χ3v) is 5.85. The molecule has 6 nitrogen and oxygen atoms in total. The smallest absolute Gasteiger partial charge is 0.329 e. The number of carbonyl (C=O) groups is 2. The summed E-state index contributed by atoms with van der Waals surface area (Å²) in [6.45, 7) is 0.609. The first-order valence-corrected chi connectivity index (χ1v) is 11.3. The number of imide groups is 1. The van der Waals surface area contributed by atoms with Crippen LogP contribution < -0.4 is 14.8 Å². The summed E-state index contributed by atoms with van der Waals surface area (Å²) >= 11 is 0. The summed E-state index contributed by atoms with van der Waals surface area (Å²) in [6, 6.07) is 28.8. The van der Waals surface area contributed by atoms with Crippen LogP contribution in [-0.2, 0) is 17.9 Å². The highest BCUT2D eigenvalue weighted by molar-refractivity contribution is 6.13. The van der Waals surface area contributed by atoms with Gasteiger partial charge in [-0.3, -0.25) is 9.69 Å². The number of ether oxygens (including phenoxy) is 2. The van der Waals surface area contributed by atoms with Gasteiger partial charge in [0.1, 0.15) is 12.3 Å². The second-order valence-corrected chi connectivity index (χ2v) is 8.25. The first kappa shape index (κ1) is 22.2. The Morgan fingerprint density at radius 3 is 2.37 bits per heavy atom. The van der Waals surface area contributed by atoms with Crippen molar-refractivity contribution in [3.63, 3.8) is 0 Å². The molecule has 0 aromatic heterocycles. The van der Waals surface area contributed by atoms with E-state index >= 15 is 0 Å². The van der Waals surface area contributed by atoms with Crippen LogP contribution in [0.3, 0.4) is 0 Å². The summed E-state index contributed by atoms with van der Waals surface area (Å²) < 4.78 is 11.5. The van der Waals surface area contributed by atoms with Crippen molar-refractivity contribution < 1.29 is 19.1 Å².